The first-order valence-corrected chi connectivity index (χ1v) is 9.31. The number of halogens is 2. The number of hydrogen-bond acceptors (Lipinski definition) is 5. The van der Waals surface area contributed by atoms with Gasteiger partial charge in [0.2, 0.25) is 11.2 Å². The van der Waals surface area contributed by atoms with Crippen molar-refractivity contribution in [2.45, 2.75) is 26.3 Å². The summed E-state index contributed by atoms with van der Waals surface area (Å²) in [4.78, 5) is 26.4. The Morgan fingerprint density at radius 3 is 2.79 bits per heavy atom. The highest BCUT2D eigenvalue weighted by molar-refractivity contribution is 6.28. The normalized spacial score (nSPS) is 15.0. The summed E-state index contributed by atoms with van der Waals surface area (Å²) < 4.78 is 15.9. The van der Waals surface area contributed by atoms with Gasteiger partial charge in [-0.2, -0.15) is 4.98 Å². The van der Waals surface area contributed by atoms with Gasteiger partial charge in [0.05, 0.1) is 29.5 Å². The smallest absolute Gasteiger partial charge is 0.227 e. The second kappa shape index (κ2) is 6.70. The van der Waals surface area contributed by atoms with E-state index in [1.54, 1.807) is 11.1 Å². The molecule has 0 bridgehead atoms. The largest absolute Gasteiger partial charge is 0.352 e. The van der Waals surface area contributed by atoms with Crippen LogP contribution in [0.25, 0.3) is 5.65 Å². The van der Waals surface area contributed by atoms with Crippen LogP contribution in [0.2, 0.25) is 5.28 Å². The lowest BCUT2D eigenvalue weighted by atomic mass is 9.95. The zero-order chi connectivity index (χ0) is 20.1. The molecule has 4 heterocycles. The molecule has 1 aliphatic heterocycles. The number of anilines is 1. The summed E-state index contributed by atoms with van der Waals surface area (Å²) in [6.07, 6.45) is 4.81. The summed E-state index contributed by atoms with van der Waals surface area (Å²) in [6.45, 7) is 6.64. The molecule has 1 fully saturated rings. The van der Waals surface area contributed by atoms with Gasteiger partial charge in [-0.1, -0.05) is 6.07 Å². The number of aryl methyl sites for hydroxylation is 1. The number of nitrogens with zero attached hydrogens (tertiary/aromatic N) is 5. The van der Waals surface area contributed by atoms with Crippen LogP contribution in [-0.2, 0) is 10.3 Å². The molecule has 9 heteroatoms. The summed E-state index contributed by atoms with van der Waals surface area (Å²) in [5.74, 6) is -0.775. The van der Waals surface area contributed by atoms with E-state index in [0.29, 0.717) is 13.1 Å². The van der Waals surface area contributed by atoms with Crippen molar-refractivity contribution in [2.24, 2.45) is 5.92 Å². The maximum absolute atomic E-state index is 13.9. The van der Waals surface area contributed by atoms with Gasteiger partial charge in [-0.05, 0) is 44.0 Å². The van der Waals surface area contributed by atoms with E-state index < -0.39 is 11.4 Å². The van der Waals surface area contributed by atoms with Gasteiger partial charge in [-0.25, -0.2) is 14.4 Å². The van der Waals surface area contributed by atoms with Crippen LogP contribution in [0, 0.1) is 18.7 Å². The lowest BCUT2D eigenvalue weighted by Crippen LogP contribution is -2.57. The van der Waals surface area contributed by atoms with Crippen LogP contribution < -0.4 is 10.2 Å². The Morgan fingerprint density at radius 2 is 2.04 bits per heavy atom. The fraction of sp³-hybridized carbons (Fsp3) is 0.368. The lowest BCUT2D eigenvalue weighted by molar-refractivity contribution is -0.127. The van der Waals surface area contributed by atoms with Crippen molar-refractivity contribution in [3.8, 4) is 0 Å². The van der Waals surface area contributed by atoms with Crippen LogP contribution in [0.3, 0.4) is 0 Å². The van der Waals surface area contributed by atoms with Crippen molar-refractivity contribution < 1.29 is 9.18 Å². The van der Waals surface area contributed by atoms with Crippen LogP contribution in [-0.4, -0.2) is 38.3 Å². The highest BCUT2D eigenvalue weighted by Crippen LogP contribution is 2.28. The fourth-order valence-corrected chi connectivity index (χ4v) is 3.53. The van der Waals surface area contributed by atoms with Gasteiger partial charge >= 0.3 is 0 Å². The molecular formula is C19H20ClFN6O. The number of fused-ring (bicyclic) bond motifs is 1. The first-order valence-electron chi connectivity index (χ1n) is 8.94. The van der Waals surface area contributed by atoms with E-state index in [-0.39, 0.29) is 22.9 Å². The molecule has 146 valence electrons. The third-order valence-corrected chi connectivity index (χ3v) is 5.16. The monoisotopic (exact) mass is 402 g/mol. The van der Waals surface area contributed by atoms with Gasteiger partial charge in [0.1, 0.15) is 5.65 Å². The van der Waals surface area contributed by atoms with Crippen molar-refractivity contribution in [1.82, 2.24) is 24.7 Å². The third kappa shape index (κ3) is 3.28. The van der Waals surface area contributed by atoms with Crippen molar-refractivity contribution >= 4 is 29.0 Å². The van der Waals surface area contributed by atoms with Crippen molar-refractivity contribution in [3.05, 3.63) is 53.1 Å². The van der Waals surface area contributed by atoms with E-state index in [2.05, 4.69) is 20.3 Å². The minimum absolute atomic E-state index is 0.0201. The number of carbonyl (C=O) groups is 1. The van der Waals surface area contributed by atoms with Crippen LogP contribution >= 0.6 is 11.6 Å². The molecule has 1 N–H and O–H groups in total. The average Bonchev–Trinajstić information content (AvgIpc) is 3.00. The second-order valence-corrected chi connectivity index (χ2v) is 7.94. The Hall–Kier alpha value is -2.74. The minimum Gasteiger partial charge on any atom is -0.352 e. The van der Waals surface area contributed by atoms with E-state index >= 15 is 0 Å². The number of imidazole rings is 1. The molecule has 0 atom stereocenters. The van der Waals surface area contributed by atoms with Gasteiger partial charge in [-0.3, -0.25) is 4.79 Å². The quantitative estimate of drug-likeness (QED) is 0.679. The number of hydrogen-bond donors (Lipinski definition) is 1. The number of aromatic nitrogens is 4. The Bertz CT molecular complexity index is 1060. The highest BCUT2D eigenvalue weighted by Gasteiger charge is 2.38. The lowest BCUT2D eigenvalue weighted by Gasteiger charge is -2.40. The van der Waals surface area contributed by atoms with Crippen LogP contribution in [0.4, 0.5) is 10.2 Å². The van der Waals surface area contributed by atoms with Crippen molar-refractivity contribution in [2.75, 3.05) is 18.0 Å². The molecule has 0 aliphatic carbocycles. The first kappa shape index (κ1) is 18.6. The van der Waals surface area contributed by atoms with E-state index in [0.717, 1.165) is 23.1 Å². The Labute approximate surface area is 166 Å². The molecule has 1 aliphatic rings. The molecule has 0 radical (unpaired) electrons. The van der Waals surface area contributed by atoms with Crippen LogP contribution in [0.5, 0.6) is 0 Å². The van der Waals surface area contributed by atoms with Gasteiger partial charge in [0.15, 0.2) is 11.6 Å². The van der Waals surface area contributed by atoms with Gasteiger partial charge in [0.25, 0.3) is 0 Å². The molecular weight excluding hydrogens is 383 g/mol. The summed E-state index contributed by atoms with van der Waals surface area (Å²) in [5, 5.41) is 3.07. The van der Waals surface area contributed by atoms with E-state index in [1.165, 1.54) is 0 Å². The zero-order valence-corrected chi connectivity index (χ0v) is 16.5. The topological polar surface area (TPSA) is 75.4 Å². The summed E-state index contributed by atoms with van der Waals surface area (Å²) in [5.41, 5.74) is 2.21. The van der Waals surface area contributed by atoms with Crippen LogP contribution in [0.15, 0.2) is 30.7 Å². The molecule has 7 nitrogen and oxygen atoms in total. The standard InChI is InChI=1S/C19H20ClFN6O/c1-11-4-5-15-22-7-14(27(15)8-11)19(2,3)25-17(28)12-9-26(10-12)16-13(21)6-23-18(20)24-16/h4-8,12H,9-10H2,1-3H3,(H,25,28). The molecule has 1 amide bonds. The van der Waals surface area contributed by atoms with Crippen LogP contribution in [0.1, 0.15) is 25.1 Å². The van der Waals surface area contributed by atoms with Gasteiger partial charge in [0, 0.05) is 19.3 Å². The summed E-state index contributed by atoms with van der Waals surface area (Å²) in [6, 6.07) is 3.95. The van der Waals surface area contributed by atoms with E-state index in [1.807, 2.05) is 43.5 Å². The minimum atomic E-state index is -0.617. The Balaban J connectivity index is 1.46. The Morgan fingerprint density at radius 1 is 1.29 bits per heavy atom. The predicted molar refractivity (Wildman–Crippen MR) is 104 cm³/mol. The molecule has 3 aromatic rings. The van der Waals surface area contributed by atoms with Gasteiger partial charge < -0.3 is 14.6 Å². The average molecular weight is 403 g/mol. The number of pyridine rings is 1. The summed E-state index contributed by atoms with van der Waals surface area (Å²) >= 11 is 5.74. The molecule has 0 spiro atoms. The molecule has 0 unspecified atom stereocenters. The Kier molecular flexibility index (Phi) is 4.45. The van der Waals surface area contributed by atoms with Crippen molar-refractivity contribution in [1.29, 1.82) is 0 Å². The number of amides is 1. The van der Waals surface area contributed by atoms with E-state index in [9.17, 15) is 9.18 Å². The second-order valence-electron chi connectivity index (χ2n) is 7.60. The molecule has 0 saturated carbocycles. The molecule has 0 aromatic carbocycles. The highest BCUT2D eigenvalue weighted by atomic mass is 35.5. The summed E-state index contributed by atoms with van der Waals surface area (Å²) in [7, 11) is 0. The number of nitrogens with one attached hydrogen (secondary N) is 1. The number of carbonyl (C=O) groups excluding carboxylic acids is 1. The molecule has 3 aromatic heterocycles. The molecule has 28 heavy (non-hydrogen) atoms. The van der Waals surface area contributed by atoms with E-state index in [4.69, 9.17) is 11.6 Å². The predicted octanol–water partition coefficient (Wildman–Crippen LogP) is 2.71. The maximum Gasteiger partial charge on any atom is 0.227 e. The van der Waals surface area contributed by atoms with Gasteiger partial charge in [-0.15, -0.1) is 0 Å². The van der Waals surface area contributed by atoms with Crippen molar-refractivity contribution in [3.63, 3.8) is 0 Å². The maximum atomic E-state index is 13.9. The number of rotatable bonds is 4. The third-order valence-electron chi connectivity index (χ3n) is 4.98. The molecule has 1 saturated heterocycles. The SMILES string of the molecule is Cc1ccc2ncc(C(C)(C)NC(=O)C3CN(c4nc(Cl)ncc4F)C3)n2c1. The fourth-order valence-electron chi connectivity index (χ4n) is 3.40. The zero-order valence-electron chi connectivity index (χ0n) is 15.8. The first-order chi connectivity index (χ1) is 13.2. The molecule has 4 rings (SSSR count).